The van der Waals surface area contributed by atoms with Gasteiger partial charge in [-0.2, -0.15) is 0 Å². The Kier molecular flexibility index (Phi) is 5.37. The first-order valence-corrected chi connectivity index (χ1v) is 16.3. The van der Waals surface area contributed by atoms with Gasteiger partial charge in [0.2, 0.25) is 0 Å². The number of benzene rings is 7. The van der Waals surface area contributed by atoms with Crippen LogP contribution >= 0.6 is 0 Å². The monoisotopic (exact) mass is 601 g/mol. The maximum absolute atomic E-state index is 6.39. The van der Waals surface area contributed by atoms with Gasteiger partial charge in [-0.1, -0.05) is 129 Å². The van der Waals surface area contributed by atoms with Gasteiger partial charge in [0, 0.05) is 43.6 Å². The van der Waals surface area contributed by atoms with Gasteiger partial charge in [0.15, 0.2) is 0 Å². The summed E-state index contributed by atoms with van der Waals surface area (Å²) in [5.74, 6) is 0. The van der Waals surface area contributed by atoms with Gasteiger partial charge >= 0.3 is 0 Å². The molecule has 1 aliphatic carbocycles. The van der Waals surface area contributed by atoms with Crippen LogP contribution in [0.4, 0.5) is 0 Å². The number of nitrogens with one attached hydrogen (secondary N) is 1. The van der Waals surface area contributed by atoms with E-state index in [1.165, 1.54) is 55.3 Å². The first-order chi connectivity index (χ1) is 23.0. The van der Waals surface area contributed by atoms with Crippen LogP contribution in [0.3, 0.4) is 0 Å². The van der Waals surface area contributed by atoms with Crippen molar-refractivity contribution in [1.29, 1.82) is 0 Å². The van der Waals surface area contributed by atoms with E-state index < -0.39 is 0 Å². The van der Waals surface area contributed by atoms with E-state index >= 15 is 0 Å². The molecule has 2 nitrogen and oxygen atoms in total. The fourth-order valence-electron chi connectivity index (χ4n) is 8.07. The second-order valence-corrected chi connectivity index (χ2v) is 13.4. The minimum Gasteiger partial charge on any atom is -0.455 e. The van der Waals surface area contributed by atoms with Crippen LogP contribution in [-0.2, 0) is 5.41 Å². The lowest BCUT2D eigenvalue weighted by Crippen LogP contribution is -2.14. The number of hydrogen-bond donors (Lipinski definition) is 1. The van der Waals surface area contributed by atoms with E-state index in [0.29, 0.717) is 0 Å². The standard InChI is InChI=1S/C45H31NO/c1-45(2)39-18-5-3-12-33(39)37-25-28(20-22-40(37)45)27-10-7-11-29(24-27)31-14-8-16-35-38-26-30(21-23-41(38)46-43(31)35)32-15-9-17-36-34-13-4-6-19-42(34)47-44(32)36/h3-26,46H,1-2H3. The molecule has 7 aromatic carbocycles. The van der Waals surface area contributed by atoms with Crippen molar-refractivity contribution >= 4 is 43.7 Å². The van der Waals surface area contributed by atoms with Gasteiger partial charge in [-0.05, 0) is 74.8 Å². The Bertz CT molecular complexity index is 2720. The van der Waals surface area contributed by atoms with E-state index in [2.05, 4.69) is 152 Å². The smallest absolute Gasteiger partial charge is 0.143 e. The number of rotatable bonds is 3. The summed E-state index contributed by atoms with van der Waals surface area (Å²) in [6.07, 6.45) is 0. The lowest BCUT2D eigenvalue weighted by atomic mass is 9.82. The Labute approximate surface area is 272 Å². The third-order valence-corrected chi connectivity index (χ3v) is 10.4. The Morgan fingerprint density at radius 3 is 2.04 bits per heavy atom. The normalized spacial score (nSPS) is 13.5. The fraction of sp³-hybridized carbons (Fsp3) is 0.0667. The molecule has 222 valence electrons. The van der Waals surface area contributed by atoms with E-state index in [0.717, 1.165) is 44.1 Å². The molecule has 2 heterocycles. The number of fused-ring (bicyclic) bond motifs is 9. The van der Waals surface area contributed by atoms with Crippen molar-refractivity contribution in [3.8, 4) is 44.5 Å². The van der Waals surface area contributed by atoms with Gasteiger partial charge in [0.25, 0.3) is 0 Å². The Balaban J connectivity index is 1.08. The highest BCUT2D eigenvalue weighted by Crippen LogP contribution is 2.49. The second-order valence-electron chi connectivity index (χ2n) is 13.4. The average molecular weight is 602 g/mol. The van der Waals surface area contributed by atoms with Gasteiger partial charge in [-0.25, -0.2) is 0 Å². The molecule has 0 unspecified atom stereocenters. The van der Waals surface area contributed by atoms with Gasteiger partial charge in [-0.3, -0.25) is 0 Å². The molecule has 1 N–H and O–H groups in total. The second kappa shape index (κ2) is 9.57. The van der Waals surface area contributed by atoms with Gasteiger partial charge in [-0.15, -0.1) is 0 Å². The SMILES string of the molecule is CC1(C)c2ccccc2-c2cc(-c3cccc(-c4cccc5c4[nH]c4ccc(-c6cccc7c6oc6ccccc67)cc45)c3)ccc21. The van der Waals surface area contributed by atoms with Crippen molar-refractivity contribution in [3.63, 3.8) is 0 Å². The highest BCUT2D eigenvalue weighted by molar-refractivity contribution is 6.14. The van der Waals surface area contributed by atoms with E-state index in [9.17, 15) is 0 Å². The molecule has 0 atom stereocenters. The van der Waals surface area contributed by atoms with E-state index in [1.54, 1.807) is 0 Å². The van der Waals surface area contributed by atoms with Crippen LogP contribution in [0.1, 0.15) is 25.0 Å². The predicted molar refractivity (Wildman–Crippen MR) is 197 cm³/mol. The van der Waals surface area contributed by atoms with Crippen LogP contribution in [-0.4, -0.2) is 4.98 Å². The molecule has 47 heavy (non-hydrogen) atoms. The summed E-state index contributed by atoms with van der Waals surface area (Å²) in [5.41, 5.74) is 16.8. The molecule has 0 saturated carbocycles. The van der Waals surface area contributed by atoms with Crippen LogP contribution in [0.2, 0.25) is 0 Å². The van der Waals surface area contributed by atoms with E-state index in [1.807, 2.05) is 12.1 Å². The van der Waals surface area contributed by atoms with E-state index in [4.69, 9.17) is 4.42 Å². The van der Waals surface area contributed by atoms with Crippen molar-refractivity contribution in [1.82, 2.24) is 4.98 Å². The topological polar surface area (TPSA) is 28.9 Å². The highest BCUT2D eigenvalue weighted by atomic mass is 16.3. The summed E-state index contributed by atoms with van der Waals surface area (Å²) in [4.78, 5) is 3.77. The molecule has 9 aromatic rings. The predicted octanol–water partition coefficient (Wildman–Crippen LogP) is 12.5. The number of aromatic amines is 1. The van der Waals surface area contributed by atoms with Crippen molar-refractivity contribution in [2.75, 3.05) is 0 Å². The van der Waals surface area contributed by atoms with Crippen LogP contribution in [0.25, 0.3) is 88.3 Å². The summed E-state index contributed by atoms with van der Waals surface area (Å²) < 4.78 is 6.39. The molecule has 0 radical (unpaired) electrons. The maximum atomic E-state index is 6.39. The Hall–Kier alpha value is -5.86. The highest BCUT2D eigenvalue weighted by Gasteiger charge is 2.35. The number of aromatic nitrogens is 1. The van der Waals surface area contributed by atoms with Crippen molar-refractivity contribution in [2.24, 2.45) is 0 Å². The number of H-pyrrole nitrogens is 1. The molecular weight excluding hydrogens is 571 g/mol. The summed E-state index contributed by atoms with van der Waals surface area (Å²) >= 11 is 0. The molecule has 2 aromatic heterocycles. The molecule has 1 aliphatic rings. The first-order valence-electron chi connectivity index (χ1n) is 16.3. The maximum Gasteiger partial charge on any atom is 0.143 e. The van der Waals surface area contributed by atoms with Crippen molar-refractivity contribution in [3.05, 3.63) is 157 Å². The van der Waals surface area contributed by atoms with Crippen LogP contribution in [0.15, 0.2) is 150 Å². The molecule has 0 fully saturated rings. The zero-order valence-electron chi connectivity index (χ0n) is 26.3. The molecule has 0 bridgehead atoms. The summed E-state index contributed by atoms with van der Waals surface area (Å²) in [7, 11) is 0. The van der Waals surface area contributed by atoms with Crippen LogP contribution in [0.5, 0.6) is 0 Å². The molecule has 2 heteroatoms. The van der Waals surface area contributed by atoms with Crippen molar-refractivity contribution < 1.29 is 4.42 Å². The summed E-state index contributed by atoms with van der Waals surface area (Å²) in [6.45, 7) is 4.67. The fourth-order valence-corrected chi connectivity index (χ4v) is 8.07. The van der Waals surface area contributed by atoms with Gasteiger partial charge < -0.3 is 9.40 Å². The van der Waals surface area contributed by atoms with Gasteiger partial charge in [0.1, 0.15) is 11.2 Å². The average Bonchev–Trinajstić information content (AvgIpc) is 3.76. The minimum atomic E-state index is 0.00994. The molecule has 10 rings (SSSR count). The largest absolute Gasteiger partial charge is 0.455 e. The zero-order chi connectivity index (χ0) is 31.3. The molecule has 0 aliphatic heterocycles. The third-order valence-electron chi connectivity index (χ3n) is 10.4. The molecule has 0 saturated heterocycles. The van der Waals surface area contributed by atoms with Crippen LogP contribution in [0, 0.1) is 0 Å². The third kappa shape index (κ3) is 3.79. The molecule has 0 amide bonds. The number of para-hydroxylation sites is 3. The quantitative estimate of drug-likeness (QED) is 0.214. The summed E-state index contributed by atoms with van der Waals surface area (Å²) in [5, 5.41) is 4.73. The Morgan fingerprint density at radius 2 is 1.11 bits per heavy atom. The van der Waals surface area contributed by atoms with Crippen LogP contribution < -0.4 is 0 Å². The zero-order valence-corrected chi connectivity index (χ0v) is 26.3. The van der Waals surface area contributed by atoms with Gasteiger partial charge in [0.05, 0.1) is 5.52 Å². The molecule has 0 spiro atoms. The number of furan rings is 1. The first kappa shape index (κ1) is 26.4. The lowest BCUT2D eigenvalue weighted by molar-refractivity contribution is 0.660. The van der Waals surface area contributed by atoms with Crippen molar-refractivity contribution in [2.45, 2.75) is 19.3 Å². The lowest BCUT2D eigenvalue weighted by Gasteiger charge is -2.21. The Morgan fingerprint density at radius 1 is 0.447 bits per heavy atom. The van der Waals surface area contributed by atoms with E-state index in [-0.39, 0.29) is 5.41 Å². The number of hydrogen-bond acceptors (Lipinski definition) is 1. The summed E-state index contributed by atoms with van der Waals surface area (Å²) in [6, 6.07) is 52.9. The minimum absolute atomic E-state index is 0.00994. The molecular formula is C45H31NO.